The van der Waals surface area contributed by atoms with Gasteiger partial charge in [-0.05, 0) is 12.5 Å². The number of aryl methyl sites for hydroxylation is 1. The van der Waals surface area contributed by atoms with E-state index in [1.165, 1.54) is 0 Å². The summed E-state index contributed by atoms with van der Waals surface area (Å²) in [5.74, 6) is -0.809. The molecule has 1 saturated heterocycles. The van der Waals surface area contributed by atoms with E-state index in [2.05, 4.69) is 0 Å². The largest absolute Gasteiger partial charge is 0.481 e. The molecule has 3 nitrogen and oxygen atoms in total. The second-order valence-electron chi connectivity index (χ2n) is 4.03. The van der Waals surface area contributed by atoms with Crippen LogP contribution in [0.15, 0.2) is 24.3 Å². The lowest BCUT2D eigenvalue weighted by atomic mass is 9.83. The Balaban J connectivity index is 2.29. The summed E-state index contributed by atoms with van der Waals surface area (Å²) in [5.41, 5.74) is 1.54. The second-order valence-corrected chi connectivity index (χ2v) is 4.03. The maximum atomic E-state index is 10.8. The predicted molar refractivity (Wildman–Crippen MR) is 55.7 cm³/mol. The van der Waals surface area contributed by atoms with Crippen LogP contribution in [-0.2, 0) is 15.1 Å². The van der Waals surface area contributed by atoms with Gasteiger partial charge in [0.2, 0.25) is 0 Å². The predicted octanol–water partition coefficient (Wildman–Crippen LogP) is 2.09. The summed E-state index contributed by atoms with van der Waals surface area (Å²) in [5, 5.41) is 8.86. The third-order valence-corrected chi connectivity index (χ3v) is 2.87. The number of carboxylic acids is 1. The quantitative estimate of drug-likeness (QED) is 0.823. The monoisotopic (exact) mass is 206 g/mol. The van der Waals surface area contributed by atoms with Gasteiger partial charge in [-0.15, -0.1) is 0 Å². The van der Waals surface area contributed by atoms with Crippen molar-refractivity contribution in [3.63, 3.8) is 0 Å². The van der Waals surface area contributed by atoms with Crippen molar-refractivity contribution < 1.29 is 14.6 Å². The van der Waals surface area contributed by atoms with Crippen molar-refractivity contribution in [1.29, 1.82) is 0 Å². The summed E-state index contributed by atoms with van der Waals surface area (Å²) in [7, 11) is 0. The van der Waals surface area contributed by atoms with E-state index in [9.17, 15) is 4.79 Å². The molecule has 0 spiro atoms. The van der Waals surface area contributed by atoms with E-state index in [1.807, 2.05) is 31.2 Å². The van der Waals surface area contributed by atoms with Gasteiger partial charge in [0.15, 0.2) is 0 Å². The number of carbonyl (C=O) groups is 1. The van der Waals surface area contributed by atoms with Crippen LogP contribution in [0.25, 0.3) is 0 Å². The Kier molecular flexibility index (Phi) is 2.49. The van der Waals surface area contributed by atoms with Crippen LogP contribution in [0.5, 0.6) is 0 Å². The SMILES string of the molecule is Cc1cccc(C2(CC(=O)O)CCO2)c1. The molecule has 1 fully saturated rings. The van der Waals surface area contributed by atoms with Crippen molar-refractivity contribution >= 4 is 5.97 Å². The molecule has 2 rings (SSSR count). The highest BCUT2D eigenvalue weighted by molar-refractivity contribution is 5.69. The molecular formula is C12H14O3. The highest BCUT2D eigenvalue weighted by Gasteiger charge is 2.42. The van der Waals surface area contributed by atoms with Crippen molar-refractivity contribution in [3.05, 3.63) is 35.4 Å². The highest BCUT2D eigenvalue weighted by atomic mass is 16.5. The fraction of sp³-hybridized carbons (Fsp3) is 0.417. The zero-order valence-corrected chi connectivity index (χ0v) is 8.69. The number of hydrogen-bond donors (Lipinski definition) is 1. The summed E-state index contributed by atoms with van der Waals surface area (Å²) in [6, 6.07) is 7.88. The van der Waals surface area contributed by atoms with Crippen molar-refractivity contribution in [1.82, 2.24) is 0 Å². The van der Waals surface area contributed by atoms with Crippen LogP contribution in [0.4, 0.5) is 0 Å². The first-order valence-corrected chi connectivity index (χ1v) is 5.05. The molecular weight excluding hydrogens is 192 g/mol. The Hall–Kier alpha value is -1.35. The molecule has 1 aliphatic heterocycles. The van der Waals surface area contributed by atoms with Gasteiger partial charge in [-0.3, -0.25) is 4.79 Å². The van der Waals surface area contributed by atoms with Gasteiger partial charge < -0.3 is 9.84 Å². The molecule has 3 heteroatoms. The average molecular weight is 206 g/mol. The van der Waals surface area contributed by atoms with Crippen LogP contribution in [0.3, 0.4) is 0 Å². The summed E-state index contributed by atoms with van der Waals surface area (Å²) < 4.78 is 5.49. The number of ether oxygens (including phenoxy) is 1. The van der Waals surface area contributed by atoms with Gasteiger partial charge in [0.1, 0.15) is 5.60 Å². The minimum atomic E-state index is -0.809. The number of aliphatic carboxylic acids is 1. The van der Waals surface area contributed by atoms with Gasteiger partial charge in [-0.25, -0.2) is 0 Å². The molecule has 15 heavy (non-hydrogen) atoms. The molecule has 0 amide bonds. The van der Waals surface area contributed by atoms with E-state index in [0.717, 1.165) is 17.5 Å². The molecule has 0 aliphatic carbocycles. The van der Waals surface area contributed by atoms with Crippen molar-refractivity contribution in [2.45, 2.75) is 25.4 Å². The fourth-order valence-electron chi connectivity index (χ4n) is 1.99. The first-order valence-electron chi connectivity index (χ1n) is 5.05. The molecule has 0 bridgehead atoms. The van der Waals surface area contributed by atoms with Crippen LogP contribution >= 0.6 is 0 Å². The van der Waals surface area contributed by atoms with Crippen LogP contribution < -0.4 is 0 Å². The van der Waals surface area contributed by atoms with Crippen molar-refractivity contribution in [3.8, 4) is 0 Å². The van der Waals surface area contributed by atoms with Crippen LogP contribution in [0.1, 0.15) is 24.0 Å². The van der Waals surface area contributed by atoms with Crippen LogP contribution in [0.2, 0.25) is 0 Å². The first kappa shape index (κ1) is 10.2. The van der Waals surface area contributed by atoms with Gasteiger partial charge in [0.05, 0.1) is 13.0 Å². The van der Waals surface area contributed by atoms with E-state index < -0.39 is 11.6 Å². The number of carboxylic acid groups (broad SMARTS) is 1. The Bertz CT molecular complexity index is 380. The molecule has 0 saturated carbocycles. The summed E-state index contributed by atoms with van der Waals surface area (Å²) in [4.78, 5) is 10.8. The Morgan fingerprint density at radius 3 is 2.80 bits per heavy atom. The normalized spacial score (nSPS) is 24.6. The lowest BCUT2D eigenvalue weighted by molar-refractivity contribution is -0.176. The Morgan fingerprint density at radius 1 is 1.60 bits per heavy atom. The van der Waals surface area contributed by atoms with E-state index in [4.69, 9.17) is 9.84 Å². The van der Waals surface area contributed by atoms with E-state index >= 15 is 0 Å². The first-order chi connectivity index (χ1) is 7.12. The summed E-state index contributed by atoms with van der Waals surface area (Å²) >= 11 is 0. The van der Waals surface area contributed by atoms with Gasteiger partial charge in [-0.2, -0.15) is 0 Å². The molecule has 1 heterocycles. The minimum absolute atomic E-state index is 0.0520. The van der Waals surface area contributed by atoms with Gasteiger partial charge >= 0.3 is 5.97 Å². The Morgan fingerprint density at radius 2 is 2.33 bits per heavy atom. The molecule has 1 atom stereocenters. The summed E-state index contributed by atoms with van der Waals surface area (Å²) in [6.45, 7) is 2.65. The second kappa shape index (κ2) is 3.66. The third-order valence-electron chi connectivity index (χ3n) is 2.87. The molecule has 0 radical (unpaired) electrons. The lowest BCUT2D eigenvalue weighted by Crippen LogP contribution is -2.42. The highest BCUT2D eigenvalue weighted by Crippen LogP contribution is 2.40. The maximum absolute atomic E-state index is 10.8. The topological polar surface area (TPSA) is 46.5 Å². The van der Waals surface area contributed by atoms with E-state index in [-0.39, 0.29) is 6.42 Å². The van der Waals surface area contributed by atoms with Gasteiger partial charge in [-0.1, -0.05) is 29.8 Å². The minimum Gasteiger partial charge on any atom is -0.481 e. The molecule has 1 aromatic carbocycles. The number of rotatable bonds is 3. The van der Waals surface area contributed by atoms with E-state index in [1.54, 1.807) is 0 Å². The Labute approximate surface area is 88.7 Å². The van der Waals surface area contributed by atoms with Crippen molar-refractivity contribution in [2.24, 2.45) is 0 Å². The van der Waals surface area contributed by atoms with Gasteiger partial charge in [0, 0.05) is 6.42 Å². The lowest BCUT2D eigenvalue weighted by Gasteiger charge is -2.41. The van der Waals surface area contributed by atoms with Gasteiger partial charge in [0.25, 0.3) is 0 Å². The van der Waals surface area contributed by atoms with Crippen LogP contribution in [0, 0.1) is 6.92 Å². The fourth-order valence-corrected chi connectivity index (χ4v) is 1.99. The molecule has 0 aromatic heterocycles. The molecule has 1 aliphatic rings. The smallest absolute Gasteiger partial charge is 0.306 e. The summed E-state index contributed by atoms with van der Waals surface area (Å²) in [6.07, 6.45) is 0.846. The van der Waals surface area contributed by atoms with E-state index in [0.29, 0.717) is 6.61 Å². The number of hydrogen-bond acceptors (Lipinski definition) is 2. The average Bonchev–Trinajstić information content (AvgIpc) is 2.11. The maximum Gasteiger partial charge on any atom is 0.306 e. The molecule has 1 unspecified atom stereocenters. The molecule has 1 aromatic rings. The number of benzene rings is 1. The van der Waals surface area contributed by atoms with Crippen molar-refractivity contribution in [2.75, 3.05) is 6.61 Å². The van der Waals surface area contributed by atoms with Crippen LogP contribution in [-0.4, -0.2) is 17.7 Å². The zero-order chi connectivity index (χ0) is 10.9. The third kappa shape index (κ3) is 1.88. The standard InChI is InChI=1S/C12H14O3/c1-9-3-2-4-10(7-9)12(5-6-15-12)8-11(13)14/h2-4,7H,5-6,8H2,1H3,(H,13,14). The zero-order valence-electron chi connectivity index (χ0n) is 8.69. The molecule has 80 valence electrons. The molecule has 1 N–H and O–H groups in total.